The lowest BCUT2D eigenvalue weighted by atomic mass is 9.98. The molecule has 86 valence electrons. The number of aryl methyl sites for hydroxylation is 1. The topological polar surface area (TPSA) is 33.4 Å². The van der Waals surface area contributed by atoms with Crippen LogP contribution >= 0.6 is 0 Å². The molecular weight excluding hydrogens is 188 g/mol. The first-order valence-corrected chi connectivity index (χ1v) is 5.94. The fourth-order valence-electron chi connectivity index (χ4n) is 1.87. The summed E-state index contributed by atoms with van der Waals surface area (Å²) in [5.74, 6) is 2.22. The van der Waals surface area contributed by atoms with Crippen LogP contribution in [0.15, 0.2) is 16.5 Å². The van der Waals surface area contributed by atoms with Gasteiger partial charge in [0.15, 0.2) is 0 Å². The predicted molar refractivity (Wildman–Crippen MR) is 61.7 cm³/mol. The van der Waals surface area contributed by atoms with Crippen molar-refractivity contribution in [1.29, 1.82) is 0 Å². The number of hydrogen-bond donors (Lipinski definition) is 1. The van der Waals surface area contributed by atoms with E-state index in [1.807, 2.05) is 12.1 Å². The van der Waals surface area contributed by atoms with Gasteiger partial charge in [-0.2, -0.15) is 0 Å². The van der Waals surface area contributed by atoms with Crippen molar-refractivity contribution in [2.45, 2.75) is 52.6 Å². The molecule has 2 unspecified atom stereocenters. The molecule has 0 radical (unpaired) electrons. The minimum atomic E-state index is -0.438. The third-order valence-corrected chi connectivity index (χ3v) is 2.77. The lowest BCUT2D eigenvalue weighted by Gasteiger charge is -2.13. The summed E-state index contributed by atoms with van der Waals surface area (Å²) in [5, 5.41) is 9.93. The number of hydrogen-bond acceptors (Lipinski definition) is 2. The Bertz CT molecular complexity index is 278. The molecule has 0 saturated carbocycles. The van der Waals surface area contributed by atoms with E-state index in [2.05, 4.69) is 20.8 Å². The van der Waals surface area contributed by atoms with Crippen LogP contribution in [-0.2, 0) is 6.42 Å². The maximum absolute atomic E-state index is 9.93. The van der Waals surface area contributed by atoms with Crippen molar-refractivity contribution in [3.8, 4) is 0 Å². The van der Waals surface area contributed by atoms with E-state index in [-0.39, 0.29) is 0 Å². The molecule has 0 spiro atoms. The molecule has 1 aromatic heterocycles. The van der Waals surface area contributed by atoms with E-state index in [0.29, 0.717) is 5.92 Å². The number of aliphatic hydroxyl groups excluding tert-OH is 1. The summed E-state index contributed by atoms with van der Waals surface area (Å²) in [7, 11) is 0. The highest BCUT2D eigenvalue weighted by atomic mass is 16.4. The van der Waals surface area contributed by atoms with Crippen molar-refractivity contribution in [2.24, 2.45) is 5.92 Å². The zero-order chi connectivity index (χ0) is 11.3. The summed E-state index contributed by atoms with van der Waals surface area (Å²) in [6.45, 7) is 6.40. The van der Waals surface area contributed by atoms with Gasteiger partial charge in [0.2, 0.25) is 0 Å². The number of aliphatic hydroxyl groups is 1. The highest BCUT2D eigenvalue weighted by Crippen LogP contribution is 2.25. The normalized spacial score (nSPS) is 15.2. The second-order valence-electron chi connectivity index (χ2n) is 4.30. The smallest absolute Gasteiger partial charge is 0.132 e. The first kappa shape index (κ1) is 12.3. The molecule has 2 atom stereocenters. The SMILES string of the molecule is CCCC(C)CC(O)c1ccc(CC)o1. The van der Waals surface area contributed by atoms with Crippen LogP contribution in [0.3, 0.4) is 0 Å². The van der Waals surface area contributed by atoms with Gasteiger partial charge < -0.3 is 9.52 Å². The Kier molecular flexibility index (Phi) is 4.89. The molecule has 0 bridgehead atoms. The second kappa shape index (κ2) is 5.96. The fraction of sp³-hybridized carbons (Fsp3) is 0.692. The van der Waals surface area contributed by atoms with E-state index in [1.54, 1.807) is 0 Å². The van der Waals surface area contributed by atoms with Crippen molar-refractivity contribution < 1.29 is 9.52 Å². The summed E-state index contributed by atoms with van der Waals surface area (Å²) in [4.78, 5) is 0. The van der Waals surface area contributed by atoms with Crippen molar-refractivity contribution in [3.05, 3.63) is 23.7 Å². The van der Waals surface area contributed by atoms with Gasteiger partial charge in [-0.15, -0.1) is 0 Å². The van der Waals surface area contributed by atoms with Crippen LogP contribution in [0, 0.1) is 5.92 Å². The van der Waals surface area contributed by atoms with Crippen molar-refractivity contribution in [2.75, 3.05) is 0 Å². The van der Waals surface area contributed by atoms with Crippen molar-refractivity contribution in [3.63, 3.8) is 0 Å². The molecule has 1 N–H and O–H groups in total. The zero-order valence-electron chi connectivity index (χ0n) is 9.99. The Morgan fingerprint density at radius 3 is 2.60 bits per heavy atom. The maximum atomic E-state index is 9.93. The molecule has 15 heavy (non-hydrogen) atoms. The lowest BCUT2D eigenvalue weighted by molar-refractivity contribution is 0.119. The Morgan fingerprint density at radius 2 is 2.07 bits per heavy atom. The molecule has 1 rings (SSSR count). The van der Waals surface area contributed by atoms with E-state index in [0.717, 1.165) is 24.4 Å². The highest BCUT2D eigenvalue weighted by Gasteiger charge is 2.15. The largest absolute Gasteiger partial charge is 0.463 e. The first-order valence-electron chi connectivity index (χ1n) is 5.94. The highest BCUT2D eigenvalue weighted by molar-refractivity contribution is 5.09. The Balaban J connectivity index is 2.49. The molecule has 0 saturated heterocycles. The molecule has 0 aromatic carbocycles. The van der Waals surface area contributed by atoms with Crippen molar-refractivity contribution in [1.82, 2.24) is 0 Å². The number of rotatable bonds is 6. The van der Waals surface area contributed by atoms with Gasteiger partial charge in [0.25, 0.3) is 0 Å². The standard InChI is InChI=1S/C13H22O2/c1-4-6-10(3)9-12(14)13-8-7-11(5-2)15-13/h7-8,10,12,14H,4-6,9H2,1-3H3. The summed E-state index contributed by atoms with van der Waals surface area (Å²) in [6, 6.07) is 3.84. The molecule has 0 fully saturated rings. The number of furan rings is 1. The van der Waals surface area contributed by atoms with Crippen LogP contribution in [0.2, 0.25) is 0 Å². The third kappa shape index (κ3) is 3.71. The van der Waals surface area contributed by atoms with E-state index in [9.17, 15) is 5.11 Å². The predicted octanol–water partition coefficient (Wildman–Crippen LogP) is 3.70. The quantitative estimate of drug-likeness (QED) is 0.776. The van der Waals surface area contributed by atoms with Gasteiger partial charge in [-0.3, -0.25) is 0 Å². The van der Waals surface area contributed by atoms with E-state index in [1.165, 1.54) is 12.8 Å². The molecule has 1 heterocycles. The van der Waals surface area contributed by atoms with Gasteiger partial charge in [-0.25, -0.2) is 0 Å². The monoisotopic (exact) mass is 210 g/mol. The van der Waals surface area contributed by atoms with Gasteiger partial charge >= 0.3 is 0 Å². The maximum Gasteiger partial charge on any atom is 0.132 e. The van der Waals surface area contributed by atoms with Crippen LogP contribution in [0.25, 0.3) is 0 Å². The minimum Gasteiger partial charge on any atom is -0.463 e. The lowest BCUT2D eigenvalue weighted by Crippen LogP contribution is -2.03. The molecule has 0 aliphatic heterocycles. The van der Waals surface area contributed by atoms with Crippen LogP contribution < -0.4 is 0 Å². The van der Waals surface area contributed by atoms with Gasteiger partial charge in [0.1, 0.15) is 17.6 Å². The average molecular weight is 210 g/mol. The summed E-state index contributed by atoms with van der Waals surface area (Å²) in [5.41, 5.74) is 0. The second-order valence-corrected chi connectivity index (χ2v) is 4.30. The molecule has 1 aromatic rings. The zero-order valence-corrected chi connectivity index (χ0v) is 9.99. The van der Waals surface area contributed by atoms with E-state index < -0.39 is 6.10 Å². The molecule has 0 amide bonds. The van der Waals surface area contributed by atoms with E-state index in [4.69, 9.17) is 4.42 Å². The van der Waals surface area contributed by atoms with Crippen LogP contribution in [-0.4, -0.2) is 5.11 Å². The van der Waals surface area contributed by atoms with E-state index >= 15 is 0 Å². The average Bonchev–Trinajstić information content (AvgIpc) is 2.66. The Morgan fingerprint density at radius 1 is 1.33 bits per heavy atom. The minimum absolute atomic E-state index is 0.438. The van der Waals surface area contributed by atoms with Gasteiger partial charge in [-0.05, 0) is 24.5 Å². The van der Waals surface area contributed by atoms with Gasteiger partial charge in [0, 0.05) is 6.42 Å². The summed E-state index contributed by atoms with van der Waals surface area (Å²) >= 11 is 0. The van der Waals surface area contributed by atoms with Gasteiger partial charge in [0.05, 0.1) is 0 Å². The van der Waals surface area contributed by atoms with Crippen molar-refractivity contribution >= 4 is 0 Å². The Labute approximate surface area is 92.3 Å². The summed E-state index contributed by atoms with van der Waals surface area (Å²) in [6.07, 6.45) is 3.58. The third-order valence-electron chi connectivity index (χ3n) is 2.77. The Hall–Kier alpha value is -0.760. The van der Waals surface area contributed by atoms with Crippen LogP contribution in [0.4, 0.5) is 0 Å². The van der Waals surface area contributed by atoms with Crippen LogP contribution in [0.1, 0.15) is 57.7 Å². The molecule has 0 aliphatic carbocycles. The molecule has 2 heteroatoms. The fourth-order valence-corrected chi connectivity index (χ4v) is 1.87. The molecule has 2 nitrogen and oxygen atoms in total. The van der Waals surface area contributed by atoms with Crippen LogP contribution in [0.5, 0.6) is 0 Å². The molecular formula is C13H22O2. The first-order chi connectivity index (χ1) is 7.17. The summed E-state index contributed by atoms with van der Waals surface area (Å²) < 4.78 is 5.52. The molecule has 0 aliphatic rings. The van der Waals surface area contributed by atoms with Gasteiger partial charge in [-0.1, -0.05) is 33.6 Å².